The molecule has 218 valence electrons. The van der Waals surface area contributed by atoms with E-state index in [1.54, 1.807) is 30.3 Å². The van der Waals surface area contributed by atoms with Gasteiger partial charge in [0, 0.05) is 6.42 Å². The summed E-state index contributed by atoms with van der Waals surface area (Å²) in [6.45, 7) is 1.39. The third kappa shape index (κ3) is 6.55. The van der Waals surface area contributed by atoms with E-state index in [1.165, 1.54) is 22.7 Å². The molecule has 0 saturated carbocycles. The van der Waals surface area contributed by atoms with E-state index in [1.807, 2.05) is 0 Å². The predicted molar refractivity (Wildman–Crippen MR) is 146 cm³/mol. The van der Waals surface area contributed by atoms with Crippen LogP contribution in [0.25, 0.3) is 11.2 Å². The molecule has 2 aromatic heterocycles. The molecule has 3 N–H and O–H groups in total. The fourth-order valence-corrected chi connectivity index (χ4v) is 5.45. The SMILES string of the molecule is C.CCCCCSc1nc(Cl)nc2c1ncn2[C@@H]1O[C@H](COC(Cc2ccccc2)(C(=O)O)C(=O)O)[C@@H](O)[C@@H]1F. The number of alkyl halides is 1. The lowest BCUT2D eigenvalue weighted by molar-refractivity contribution is -0.190. The number of aromatic nitrogens is 4. The largest absolute Gasteiger partial charge is 0.479 e. The van der Waals surface area contributed by atoms with Crippen molar-refractivity contribution in [1.29, 1.82) is 0 Å². The quantitative estimate of drug-likeness (QED) is 0.0853. The number of unbranched alkanes of at least 4 members (excludes halogenated alkanes) is 2. The number of hydrogen-bond donors (Lipinski definition) is 3. The number of thioether (sulfide) groups is 1. The lowest BCUT2D eigenvalue weighted by Crippen LogP contribution is -2.52. The van der Waals surface area contributed by atoms with Crippen molar-refractivity contribution in [3.63, 3.8) is 0 Å². The first-order valence-corrected chi connectivity index (χ1v) is 13.7. The highest BCUT2D eigenvalue weighted by Gasteiger charge is 2.52. The first-order valence-electron chi connectivity index (χ1n) is 12.3. The Morgan fingerprint density at radius 3 is 2.55 bits per heavy atom. The number of carbonyl (C=O) groups is 2. The Balaban J connectivity index is 0.00000441. The van der Waals surface area contributed by atoms with Gasteiger partial charge in [-0.05, 0) is 29.3 Å². The maximum atomic E-state index is 15.3. The van der Waals surface area contributed by atoms with Crippen LogP contribution in [0.5, 0.6) is 0 Å². The fraction of sp³-hybridized carbons (Fsp3) is 0.500. The number of fused-ring (bicyclic) bond motifs is 1. The molecular weight excluding hydrogens is 567 g/mol. The first kappa shape index (κ1) is 31.7. The van der Waals surface area contributed by atoms with E-state index in [2.05, 4.69) is 21.9 Å². The van der Waals surface area contributed by atoms with Gasteiger partial charge in [-0.2, -0.15) is 4.98 Å². The van der Waals surface area contributed by atoms with E-state index in [-0.39, 0.29) is 18.4 Å². The molecule has 0 bridgehead atoms. The number of carboxylic acid groups (broad SMARTS) is 2. The van der Waals surface area contributed by atoms with Crippen LogP contribution in [0.2, 0.25) is 5.28 Å². The Kier molecular flexibility index (Phi) is 10.8. The normalized spacial score (nSPS) is 20.9. The average Bonchev–Trinajstić information content (AvgIpc) is 3.45. The van der Waals surface area contributed by atoms with Gasteiger partial charge in [0.1, 0.15) is 22.8 Å². The molecule has 1 fully saturated rings. The topological polar surface area (TPSA) is 157 Å². The van der Waals surface area contributed by atoms with E-state index in [9.17, 15) is 24.9 Å². The second-order valence-corrected chi connectivity index (χ2v) is 10.5. The summed E-state index contributed by atoms with van der Waals surface area (Å²) in [6.07, 6.45) is -2.62. The zero-order valence-corrected chi connectivity index (χ0v) is 22.5. The Bertz CT molecular complexity index is 1300. The number of rotatable bonds is 13. The van der Waals surface area contributed by atoms with Crippen LogP contribution < -0.4 is 0 Å². The summed E-state index contributed by atoms with van der Waals surface area (Å²) in [5, 5.41) is 30.6. The summed E-state index contributed by atoms with van der Waals surface area (Å²) in [4.78, 5) is 36.9. The molecule has 3 aromatic rings. The Morgan fingerprint density at radius 1 is 1.20 bits per heavy atom. The lowest BCUT2D eigenvalue weighted by atomic mass is 9.94. The zero-order chi connectivity index (χ0) is 28.2. The van der Waals surface area contributed by atoms with Gasteiger partial charge in [-0.25, -0.2) is 23.9 Å². The minimum absolute atomic E-state index is 0. The number of imidazole rings is 1. The maximum absolute atomic E-state index is 15.3. The number of carboxylic acids is 2. The second-order valence-electron chi connectivity index (χ2n) is 9.09. The van der Waals surface area contributed by atoms with Crippen molar-refractivity contribution in [3.8, 4) is 0 Å². The van der Waals surface area contributed by atoms with Crippen LogP contribution in [0.3, 0.4) is 0 Å². The second kappa shape index (κ2) is 13.7. The summed E-state index contributed by atoms with van der Waals surface area (Å²) in [5.41, 5.74) is -1.68. The van der Waals surface area contributed by atoms with Crippen LogP contribution in [-0.4, -0.2) is 83.1 Å². The highest BCUT2D eigenvalue weighted by atomic mass is 35.5. The third-order valence-electron chi connectivity index (χ3n) is 6.40. The zero-order valence-electron chi connectivity index (χ0n) is 20.9. The highest BCUT2D eigenvalue weighted by molar-refractivity contribution is 7.99. The summed E-state index contributed by atoms with van der Waals surface area (Å²) in [5.74, 6) is -2.70. The monoisotopic (exact) mass is 598 g/mol. The molecular formula is C26H32ClFN4O7S. The molecule has 1 aliphatic heterocycles. The molecule has 0 radical (unpaired) electrons. The van der Waals surface area contributed by atoms with Crippen LogP contribution >= 0.6 is 23.4 Å². The van der Waals surface area contributed by atoms with Gasteiger partial charge < -0.3 is 24.8 Å². The van der Waals surface area contributed by atoms with Crippen LogP contribution in [0.1, 0.15) is 45.4 Å². The minimum Gasteiger partial charge on any atom is -0.479 e. The number of aliphatic hydroxyl groups excluding tert-OH is 1. The summed E-state index contributed by atoms with van der Waals surface area (Å²) < 4.78 is 27.7. The van der Waals surface area contributed by atoms with Gasteiger partial charge >= 0.3 is 11.9 Å². The van der Waals surface area contributed by atoms with Crippen molar-refractivity contribution < 1.29 is 38.8 Å². The van der Waals surface area contributed by atoms with Gasteiger partial charge in [0.05, 0.1) is 12.9 Å². The van der Waals surface area contributed by atoms with Crippen molar-refractivity contribution in [2.75, 3.05) is 12.4 Å². The lowest BCUT2D eigenvalue weighted by Gasteiger charge is -2.27. The van der Waals surface area contributed by atoms with Crippen molar-refractivity contribution in [2.24, 2.45) is 0 Å². The molecule has 14 heteroatoms. The predicted octanol–water partition coefficient (Wildman–Crippen LogP) is 4.16. The minimum atomic E-state index is -2.68. The number of nitrogens with zero attached hydrogens (tertiary/aromatic N) is 4. The van der Waals surface area contributed by atoms with Crippen molar-refractivity contribution in [2.45, 2.75) is 75.3 Å². The molecule has 40 heavy (non-hydrogen) atoms. The van der Waals surface area contributed by atoms with Gasteiger partial charge in [-0.3, -0.25) is 4.57 Å². The molecule has 3 heterocycles. The van der Waals surface area contributed by atoms with Gasteiger partial charge in [0.2, 0.25) is 5.28 Å². The molecule has 1 aliphatic rings. The maximum Gasteiger partial charge on any atom is 0.348 e. The van der Waals surface area contributed by atoms with Crippen molar-refractivity contribution >= 4 is 46.5 Å². The van der Waals surface area contributed by atoms with Crippen molar-refractivity contribution in [3.05, 3.63) is 47.5 Å². The van der Waals surface area contributed by atoms with Gasteiger partial charge in [0.15, 0.2) is 18.0 Å². The number of hydrogen-bond acceptors (Lipinski definition) is 9. The Morgan fingerprint density at radius 2 is 1.90 bits per heavy atom. The summed E-state index contributed by atoms with van der Waals surface area (Å²) in [7, 11) is 0. The van der Waals surface area contributed by atoms with E-state index in [0.717, 1.165) is 25.0 Å². The van der Waals surface area contributed by atoms with E-state index in [0.29, 0.717) is 16.1 Å². The van der Waals surface area contributed by atoms with Crippen LogP contribution in [0.4, 0.5) is 4.39 Å². The molecule has 11 nitrogen and oxygen atoms in total. The van der Waals surface area contributed by atoms with Crippen molar-refractivity contribution in [1.82, 2.24) is 19.5 Å². The van der Waals surface area contributed by atoms with E-state index >= 15 is 4.39 Å². The molecule has 0 amide bonds. The number of halogens is 2. The molecule has 1 aromatic carbocycles. The van der Waals surface area contributed by atoms with Crippen LogP contribution in [0, 0.1) is 0 Å². The average molecular weight is 599 g/mol. The Labute approximate surface area is 239 Å². The number of aliphatic hydroxyl groups is 1. The molecule has 0 unspecified atom stereocenters. The first-order chi connectivity index (χ1) is 18.7. The smallest absolute Gasteiger partial charge is 0.348 e. The highest BCUT2D eigenvalue weighted by Crippen LogP contribution is 2.36. The number of ether oxygens (including phenoxy) is 2. The molecule has 4 atom stereocenters. The van der Waals surface area contributed by atoms with Crippen LogP contribution in [-0.2, 0) is 25.5 Å². The molecule has 1 saturated heterocycles. The fourth-order valence-electron chi connectivity index (χ4n) is 4.26. The summed E-state index contributed by atoms with van der Waals surface area (Å²) in [6, 6.07) is 8.08. The van der Waals surface area contributed by atoms with E-state index in [4.69, 9.17) is 21.1 Å². The molecule has 0 aliphatic carbocycles. The molecule has 4 rings (SSSR count). The number of benzene rings is 1. The standard InChI is InChI=1S/C25H28ClFN4O7S.CH4/c1-2-3-7-10-39-20-17-19(29-24(26)30-20)31(13-28-17)21-16(27)18(32)15(38-21)12-37-25(22(33)34,23(35)36)11-14-8-5-4-6-9-14;/h4-6,8-9,13,15-16,18,21,32H,2-3,7,10-12H2,1H3,(H,33,34)(H,35,36);1H4/t15-,16+,18-,21-;/m1./s1. The van der Waals surface area contributed by atoms with Gasteiger partial charge in [-0.1, -0.05) is 57.5 Å². The van der Waals surface area contributed by atoms with Gasteiger partial charge in [-0.15, -0.1) is 11.8 Å². The molecule has 0 spiro atoms. The summed E-state index contributed by atoms with van der Waals surface area (Å²) >= 11 is 7.58. The van der Waals surface area contributed by atoms with Gasteiger partial charge in [0.25, 0.3) is 5.60 Å². The van der Waals surface area contributed by atoms with E-state index < -0.39 is 55.2 Å². The Hall–Kier alpha value is -2.84. The van der Waals surface area contributed by atoms with Crippen LogP contribution in [0.15, 0.2) is 41.7 Å². The number of aliphatic carboxylic acids is 2. The third-order valence-corrected chi connectivity index (χ3v) is 7.62.